The summed E-state index contributed by atoms with van der Waals surface area (Å²) in [6.45, 7) is 0. The highest BCUT2D eigenvalue weighted by atomic mass is 32.2. The molecule has 1 aliphatic heterocycles. The molecule has 0 saturated carbocycles. The van der Waals surface area contributed by atoms with E-state index in [0.717, 1.165) is 5.56 Å². The Bertz CT molecular complexity index is 847. The predicted molar refractivity (Wildman–Crippen MR) is 105 cm³/mol. The number of aliphatic carboxylic acids is 1. The van der Waals surface area contributed by atoms with E-state index in [-0.39, 0.29) is 5.56 Å². The molecule has 148 valence electrons. The summed E-state index contributed by atoms with van der Waals surface area (Å²) in [5.41, 5.74) is 1.14. The Morgan fingerprint density at radius 3 is 2.14 bits per heavy atom. The third kappa shape index (κ3) is 3.60. The molecule has 8 heteroatoms. The van der Waals surface area contributed by atoms with Crippen molar-refractivity contribution in [1.82, 2.24) is 4.90 Å². The molecule has 0 aliphatic carbocycles. The minimum Gasteiger partial charge on any atom is -0.493 e. The van der Waals surface area contributed by atoms with Crippen LogP contribution in [0.4, 0.5) is 0 Å². The minimum atomic E-state index is -1.04. The molecule has 2 atom stereocenters. The number of carbonyl (C=O) groups is 2. The van der Waals surface area contributed by atoms with E-state index in [0.29, 0.717) is 23.0 Å². The summed E-state index contributed by atoms with van der Waals surface area (Å²) in [5.74, 6) is -0.102. The molecule has 3 rings (SSSR count). The molecule has 7 nitrogen and oxygen atoms in total. The smallest absolute Gasteiger partial charge is 0.327 e. The molecule has 1 N–H and O–H groups in total. The minimum absolute atomic E-state index is 0.268. The number of carboxylic acid groups (broad SMARTS) is 1. The molecule has 1 heterocycles. The van der Waals surface area contributed by atoms with E-state index in [2.05, 4.69) is 0 Å². The Kier molecular flexibility index (Phi) is 5.99. The maximum absolute atomic E-state index is 13.4. The number of carboxylic acids is 1. The van der Waals surface area contributed by atoms with E-state index in [1.807, 2.05) is 30.3 Å². The molecule has 2 aromatic carbocycles. The van der Waals surface area contributed by atoms with Gasteiger partial charge in [-0.3, -0.25) is 4.79 Å². The summed E-state index contributed by atoms with van der Waals surface area (Å²) in [6, 6.07) is 11.5. The first kappa shape index (κ1) is 19.9. The molecule has 0 radical (unpaired) electrons. The van der Waals surface area contributed by atoms with Gasteiger partial charge in [0.05, 0.1) is 21.3 Å². The zero-order chi connectivity index (χ0) is 20.3. The van der Waals surface area contributed by atoms with Crippen LogP contribution >= 0.6 is 11.8 Å². The summed E-state index contributed by atoms with van der Waals surface area (Å²) in [6.07, 6.45) is 0. The van der Waals surface area contributed by atoms with Gasteiger partial charge in [0, 0.05) is 11.3 Å². The number of thioether (sulfide) groups is 1. The van der Waals surface area contributed by atoms with Crippen LogP contribution < -0.4 is 14.2 Å². The second-order valence-electron chi connectivity index (χ2n) is 6.08. The summed E-state index contributed by atoms with van der Waals surface area (Å²) in [7, 11) is 4.40. The van der Waals surface area contributed by atoms with Crippen molar-refractivity contribution in [3.8, 4) is 17.2 Å². The molecule has 0 bridgehead atoms. The van der Waals surface area contributed by atoms with E-state index in [1.54, 1.807) is 0 Å². The van der Waals surface area contributed by atoms with Gasteiger partial charge in [0.25, 0.3) is 5.91 Å². The predicted octanol–water partition coefficient (Wildman–Crippen LogP) is 3.05. The number of hydrogen-bond acceptors (Lipinski definition) is 6. The first-order valence-corrected chi connectivity index (χ1v) is 9.58. The van der Waals surface area contributed by atoms with Crippen LogP contribution in [-0.4, -0.2) is 55.0 Å². The van der Waals surface area contributed by atoms with Crippen LogP contribution in [0.5, 0.6) is 17.2 Å². The van der Waals surface area contributed by atoms with E-state index < -0.39 is 23.3 Å². The summed E-state index contributed by atoms with van der Waals surface area (Å²) in [5, 5.41) is 9.26. The van der Waals surface area contributed by atoms with E-state index in [1.165, 1.54) is 50.1 Å². The van der Waals surface area contributed by atoms with Gasteiger partial charge in [-0.1, -0.05) is 30.3 Å². The highest BCUT2D eigenvalue weighted by molar-refractivity contribution is 7.99. The van der Waals surface area contributed by atoms with Crippen LogP contribution in [0.2, 0.25) is 0 Å². The van der Waals surface area contributed by atoms with E-state index >= 15 is 0 Å². The molecule has 2 aromatic rings. The van der Waals surface area contributed by atoms with Crippen LogP contribution in [0.3, 0.4) is 0 Å². The van der Waals surface area contributed by atoms with Crippen molar-refractivity contribution in [1.29, 1.82) is 0 Å². The van der Waals surface area contributed by atoms with Gasteiger partial charge in [0.1, 0.15) is 11.4 Å². The molecule has 1 fully saturated rings. The van der Waals surface area contributed by atoms with Crippen molar-refractivity contribution in [2.45, 2.75) is 11.4 Å². The van der Waals surface area contributed by atoms with Crippen molar-refractivity contribution in [2.75, 3.05) is 27.1 Å². The molecular formula is C20H21NO6S. The molecule has 0 spiro atoms. The number of amides is 1. The van der Waals surface area contributed by atoms with Gasteiger partial charge >= 0.3 is 5.97 Å². The number of rotatable bonds is 6. The lowest BCUT2D eigenvalue weighted by Gasteiger charge is -2.28. The Morgan fingerprint density at radius 1 is 1.04 bits per heavy atom. The van der Waals surface area contributed by atoms with Gasteiger partial charge in [0.2, 0.25) is 5.75 Å². The van der Waals surface area contributed by atoms with E-state index in [9.17, 15) is 14.7 Å². The SMILES string of the molecule is COc1cc(C(=O)N2C(C(=O)O)CSC2c2ccccc2)cc(OC)c1OC. The van der Waals surface area contributed by atoms with Gasteiger partial charge in [-0.25, -0.2) is 4.79 Å². The standard InChI is InChI=1S/C20H21NO6S/c1-25-15-9-13(10-16(26-2)17(15)27-3)18(22)21-14(20(23)24)11-28-19(21)12-7-5-4-6-8-12/h4-10,14,19H,11H2,1-3H3,(H,23,24). The largest absolute Gasteiger partial charge is 0.493 e. The van der Waals surface area contributed by atoms with Crippen LogP contribution in [0.15, 0.2) is 42.5 Å². The highest BCUT2D eigenvalue weighted by Gasteiger charge is 2.43. The normalized spacial score (nSPS) is 18.6. The van der Waals surface area contributed by atoms with Crippen molar-refractivity contribution in [2.24, 2.45) is 0 Å². The number of benzene rings is 2. The number of nitrogens with zero attached hydrogens (tertiary/aromatic N) is 1. The summed E-state index contributed by atoms with van der Waals surface area (Å²) >= 11 is 1.43. The van der Waals surface area contributed by atoms with Crippen molar-refractivity contribution < 1.29 is 28.9 Å². The fourth-order valence-electron chi connectivity index (χ4n) is 3.17. The summed E-state index contributed by atoms with van der Waals surface area (Å²) < 4.78 is 15.9. The van der Waals surface area contributed by atoms with Crippen LogP contribution in [0, 0.1) is 0 Å². The molecular weight excluding hydrogens is 382 g/mol. The summed E-state index contributed by atoms with van der Waals surface area (Å²) in [4.78, 5) is 26.6. The number of ether oxygens (including phenoxy) is 3. The lowest BCUT2D eigenvalue weighted by molar-refractivity contribution is -0.141. The average Bonchev–Trinajstić information content (AvgIpc) is 3.18. The molecule has 1 aliphatic rings. The zero-order valence-corrected chi connectivity index (χ0v) is 16.6. The zero-order valence-electron chi connectivity index (χ0n) is 15.7. The third-order valence-electron chi connectivity index (χ3n) is 4.52. The van der Waals surface area contributed by atoms with Crippen molar-refractivity contribution in [3.63, 3.8) is 0 Å². The fourth-order valence-corrected chi connectivity index (χ4v) is 4.59. The topological polar surface area (TPSA) is 85.3 Å². The fraction of sp³-hybridized carbons (Fsp3) is 0.300. The van der Waals surface area contributed by atoms with Gasteiger partial charge in [-0.05, 0) is 17.7 Å². The van der Waals surface area contributed by atoms with Crippen molar-refractivity contribution >= 4 is 23.6 Å². The molecule has 2 unspecified atom stereocenters. The number of hydrogen-bond donors (Lipinski definition) is 1. The molecule has 28 heavy (non-hydrogen) atoms. The van der Waals surface area contributed by atoms with Gasteiger partial charge in [-0.2, -0.15) is 0 Å². The number of carbonyl (C=O) groups excluding carboxylic acids is 1. The van der Waals surface area contributed by atoms with Crippen LogP contribution in [0.25, 0.3) is 0 Å². The molecule has 1 saturated heterocycles. The van der Waals surface area contributed by atoms with E-state index in [4.69, 9.17) is 14.2 Å². The maximum Gasteiger partial charge on any atom is 0.327 e. The van der Waals surface area contributed by atoms with Crippen LogP contribution in [0.1, 0.15) is 21.3 Å². The lowest BCUT2D eigenvalue weighted by Crippen LogP contribution is -2.43. The third-order valence-corrected chi connectivity index (χ3v) is 5.84. The van der Waals surface area contributed by atoms with Crippen molar-refractivity contribution in [3.05, 3.63) is 53.6 Å². The van der Waals surface area contributed by atoms with Gasteiger partial charge in [-0.15, -0.1) is 11.8 Å². The monoisotopic (exact) mass is 403 g/mol. The Labute approximate surface area is 167 Å². The first-order valence-electron chi connectivity index (χ1n) is 8.53. The Hall–Kier alpha value is -2.87. The molecule has 1 amide bonds. The quantitative estimate of drug-likeness (QED) is 0.793. The second-order valence-corrected chi connectivity index (χ2v) is 7.19. The van der Waals surface area contributed by atoms with Crippen LogP contribution in [-0.2, 0) is 4.79 Å². The van der Waals surface area contributed by atoms with Gasteiger partial charge < -0.3 is 24.2 Å². The van der Waals surface area contributed by atoms with Gasteiger partial charge in [0.15, 0.2) is 11.5 Å². The molecule has 0 aromatic heterocycles. The average molecular weight is 403 g/mol. The Balaban J connectivity index is 2.05. The maximum atomic E-state index is 13.4. The lowest BCUT2D eigenvalue weighted by atomic mass is 10.1. The number of methoxy groups -OCH3 is 3. The highest BCUT2D eigenvalue weighted by Crippen LogP contribution is 2.44. The second kappa shape index (κ2) is 8.43. The first-order chi connectivity index (χ1) is 13.5. The Morgan fingerprint density at radius 2 is 1.64 bits per heavy atom.